The Hall–Kier alpha value is -3.30. The molecule has 1 aliphatic heterocycles. The fraction of sp³-hybridized carbons (Fsp3) is 0.200. The predicted octanol–water partition coefficient (Wildman–Crippen LogP) is 3.91. The number of para-hydroxylation sites is 1. The van der Waals surface area contributed by atoms with Crippen molar-refractivity contribution in [3.8, 4) is 5.75 Å². The van der Waals surface area contributed by atoms with Crippen molar-refractivity contribution in [3.63, 3.8) is 0 Å². The van der Waals surface area contributed by atoms with E-state index in [9.17, 15) is 13.2 Å². The van der Waals surface area contributed by atoms with Crippen LogP contribution in [-0.4, -0.2) is 44.4 Å². The van der Waals surface area contributed by atoms with E-state index in [0.29, 0.717) is 17.4 Å². The molecule has 176 valence electrons. The van der Waals surface area contributed by atoms with Crippen molar-refractivity contribution in [1.29, 1.82) is 0 Å². The maximum absolute atomic E-state index is 12.4. The molecular weight excluding hydrogens is 470 g/mol. The van der Waals surface area contributed by atoms with E-state index in [0.717, 1.165) is 28.4 Å². The van der Waals surface area contributed by atoms with E-state index in [4.69, 9.17) is 4.74 Å². The predicted molar refractivity (Wildman–Crippen MR) is 137 cm³/mol. The van der Waals surface area contributed by atoms with Gasteiger partial charge in [-0.3, -0.25) is 9.10 Å². The lowest BCUT2D eigenvalue weighted by Crippen LogP contribution is -2.30. The van der Waals surface area contributed by atoms with Gasteiger partial charge in [0.25, 0.3) is 5.91 Å². The number of hydrazone groups is 1. The molecule has 0 spiro atoms. The van der Waals surface area contributed by atoms with Crippen molar-refractivity contribution in [2.45, 2.75) is 12.6 Å². The highest BCUT2D eigenvalue weighted by atomic mass is 32.2. The molecule has 1 saturated heterocycles. The van der Waals surface area contributed by atoms with Gasteiger partial charge in [0, 0.05) is 17.1 Å². The fourth-order valence-electron chi connectivity index (χ4n) is 3.26. The van der Waals surface area contributed by atoms with Gasteiger partial charge in [0.1, 0.15) is 11.9 Å². The van der Waals surface area contributed by atoms with E-state index in [1.54, 1.807) is 54.7 Å². The topological polar surface area (TPSA) is 88.1 Å². The molecular formula is C25H25N3O4S2. The van der Waals surface area contributed by atoms with Gasteiger partial charge in [0.2, 0.25) is 10.0 Å². The quantitative estimate of drug-likeness (QED) is 0.359. The Morgan fingerprint density at radius 2 is 1.74 bits per heavy atom. The number of ether oxygens (including phenoxy) is 1. The summed E-state index contributed by atoms with van der Waals surface area (Å²) < 4.78 is 31.7. The monoisotopic (exact) mass is 495 g/mol. The van der Waals surface area contributed by atoms with Gasteiger partial charge in [-0.1, -0.05) is 30.3 Å². The summed E-state index contributed by atoms with van der Waals surface area (Å²) in [5.74, 6) is 2.53. The second-order valence-corrected chi connectivity index (χ2v) is 10.8. The van der Waals surface area contributed by atoms with Crippen LogP contribution in [0.2, 0.25) is 0 Å². The zero-order chi connectivity index (χ0) is 24.0. The highest BCUT2D eigenvalue weighted by molar-refractivity contribution is 8.00. The van der Waals surface area contributed by atoms with Crippen LogP contribution in [0.4, 0.5) is 5.69 Å². The number of benzene rings is 3. The Labute approximate surface area is 203 Å². The van der Waals surface area contributed by atoms with Crippen molar-refractivity contribution < 1.29 is 17.9 Å². The smallest absolute Gasteiger partial charge is 0.271 e. The van der Waals surface area contributed by atoms with Crippen LogP contribution in [-0.2, 0) is 16.6 Å². The van der Waals surface area contributed by atoms with Crippen LogP contribution in [0.25, 0.3) is 0 Å². The first-order valence-electron chi connectivity index (χ1n) is 10.7. The number of thioether (sulfide) groups is 1. The zero-order valence-electron chi connectivity index (χ0n) is 18.6. The van der Waals surface area contributed by atoms with Crippen LogP contribution in [0.1, 0.15) is 21.5 Å². The highest BCUT2D eigenvalue weighted by Gasteiger charge is 2.19. The van der Waals surface area contributed by atoms with Gasteiger partial charge in [0.15, 0.2) is 0 Å². The van der Waals surface area contributed by atoms with Gasteiger partial charge in [-0.2, -0.15) is 16.9 Å². The molecule has 3 aromatic rings. The van der Waals surface area contributed by atoms with E-state index in [1.165, 1.54) is 10.6 Å². The summed E-state index contributed by atoms with van der Waals surface area (Å²) in [6.45, 7) is 0.169. The molecule has 7 nitrogen and oxygen atoms in total. The van der Waals surface area contributed by atoms with E-state index in [1.807, 2.05) is 42.1 Å². The summed E-state index contributed by atoms with van der Waals surface area (Å²) >= 11 is 1.87. The first-order chi connectivity index (χ1) is 16.4. The van der Waals surface area contributed by atoms with Gasteiger partial charge < -0.3 is 4.74 Å². The molecule has 1 amide bonds. The van der Waals surface area contributed by atoms with Crippen molar-refractivity contribution in [2.75, 3.05) is 22.1 Å². The number of carbonyl (C=O) groups excluding carboxylic acids is 1. The summed E-state index contributed by atoms with van der Waals surface area (Å²) in [6, 6.07) is 23.2. The van der Waals surface area contributed by atoms with Crippen molar-refractivity contribution in [3.05, 3.63) is 95.6 Å². The molecule has 0 aliphatic carbocycles. The minimum absolute atomic E-state index is 0.169. The number of nitrogens with zero attached hydrogens (tertiary/aromatic N) is 2. The Morgan fingerprint density at radius 3 is 2.32 bits per heavy atom. The second-order valence-electron chi connectivity index (χ2n) is 7.85. The number of anilines is 1. The summed E-state index contributed by atoms with van der Waals surface area (Å²) in [4.78, 5) is 12.4. The lowest BCUT2D eigenvalue weighted by atomic mass is 10.1. The average molecular weight is 496 g/mol. The van der Waals surface area contributed by atoms with Crippen LogP contribution in [0.15, 0.2) is 84.0 Å². The first kappa shape index (κ1) is 23.8. The van der Waals surface area contributed by atoms with Crippen molar-refractivity contribution in [1.82, 2.24) is 5.43 Å². The van der Waals surface area contributed by atoms with E-state index in [-0.39, 0.29) is 12.5 Å². The molecule has 0 aromatic heterocycles. The fourth-order valence-corrected chi connectivity index (χ4v) is 4.71. The maximum Gasteiger partial charge on any atom is 0.271 e. The van der Waals surface area contributed by atoms with Gasteiger partial charge >= 0.3 is 0 Å². The standard InChI is InChI=1S/C25H25N3O4S2/c1-34(30,31)28(22-5-3-2-4-6-22)16-20-7-11-21(12-8-20)25(29)27-26-15-19-9-13-23(14-10-19)32-24-17-33-18-24/h2-15,24H,16-18H2,1H3,(H,27,29)/b26-15-. The van der Waals surface area contributed by atoms with Crippen LogP contribution >= 0.6 is 11.8 Å². The molecule has 1 N–H and O–H groups in total. The molecule has 0 bridgehead atoms. The third-order valence-electron chi connectivity index (χ3n) is 5.16. The largest absolute Gasteiger partial charge is 0.489 e. The molecule has 1 fully saturated rings. The van der Waals surface area contributed by atoms with Gasteiger partial charge in [-0.15, -0.1) is 0 Å². The Bertz CT molecular complexity index is 1240. The molecule has 9 heteroatoms. The number of hydrogen-bond acceptors (Lipinski definition) is 6. The molecule has 3 aromatic carbocycles. The highest BCUT2D eigenvalue weighted by Crippen LogP contribution is 2.24. The second kappa shape index (κ2) is 10.8. The summed E-state index contributed by atoms with van der Waals surface area (Å²) in [6.07, 6.45) is 3.04. The molecule has 4 rings (SSSR count). The SMILES string of the molecule is CS(=O)(=O)N(Cc1ccc(C(=O)N/N=C\c2ccc(OC3CSC3)cc2)cc1)c1ccccc1. The number of rotatable bonds is 9. The van der Waals surface area contributed by atoms with E-state index in [2.05, 4.69) is 10.5 Å². The van der Waals surface area contributed by atoms with E-state index >= 15 is 0 Å². The van der Waals surface area contributed by atoms with Crippen LogP contribution < -0.4 is 14.5 Å². The van der Waals surface area contributed by atoms with Crippen molar-refractivity contribution in [2.24, 2.45) is 5.10 Å². The Balaban J connectivity index is 1.33. The van der Waals surface area contributed by atoms with Crippen LogP contribution in [0.3, 0.4) is 0 Å². The van der Waals surface area contributed by atoms with Crippen molar-refractivity contribution >= 4 is 39.6 Å². The molecule has 0 saturated carbocycles. The number of hydrogen-bond donors (Lipinski definition) is 1. The van der Waals surface area contributed by atoms with Crippen LogP contribution in [0, 0.1) is 0 Å². The van der Waals surface area contributed by atoms with E-state index < -0.39 is 10.0 Å². The van der Waals surface area contributed by atoms with Gasteiger partial charge in [0.05, 0.1) is 24.7 Å². The molecule has 34 heavy (non-hydrogen) atoms. The van der Waals surface area contributed by atoms with Gasteiger partial charge in [-0.25, -0.2) is 13.8 Å². The summed E-state index contributed by atoms with van der Waals surface area (Å²) in [5, 5.41) is 4.02. The zero-order valence-corrected chi connectivity index (χ0v) is 20.3. The summed E-state index contributed by atoms with van der Waals surface area (Å²) in [5.41, 5.74) is 5.13. The third-order valence-corrected chi connectivity index (χ3v) is 7.51. The van der Waals surface area contributed by atoms with Crippen LogP contribution in [0.5, 0.6) is 5.75 Å². The lowest BCUT2D eigenvalue weighted by Gasteiger charge is -2.25. The lowest BCUT2D eigenvalue weighted by molar-refractivity contribution is 0.0955. The number of nitrogens with one attached hydrogen (secondary N) is 1. The third kappa shape index (κ3) is 6.39. The first-order valence-corrected chi connectivity index (χ1v) is 13.7. The molecule has 1 heterocycles. The number of amides is 1. The maximum atomic E-state index is 12.4. The Morgan fingerprint density at radius 1 is 1.06 bits per heavy atom. The summed E-state index contributed by atoms with van der Waals surface area (Å²) in [7, 11) is -3.46. The number of sulfonamides is 1. The molecule has 0 radical (unpaired) electrons. The molecule has 0 unspecified atom stereocenters. The molecule has 1 aliphatic rings. The minimum atomic E-state index is -3.46. The Kier molecular flexibility index (Phi) is 7.54. The van der Waals surface area contributed by atoms with Gasteiger partial charge in [-0.05, 0) is 59.7 Å². The normalized spacial score (nSPS) is 13.9. The minimum Gasteiger partial charge on any atom is -0.489 e. The average Bonchev–Trinajstić information content (AvgIpc) is 2.81. The molecule has 0 atom stereocenters. The number of carbonyl (C=O) groups is 1.